The monoisotopic (exact) mass is 540 g/mol. The lowest BCUT2D eigenvalue weighted by molar-refractivity contribution is -0.147. The number of carboxylic acid groups (broad SMARTS) is 1. The Bertz CT molecular complexity index is 962. The molecular formula is C27H44N2O7S. The van der Waals surface area contributed by atoms with Gasteiger partial charge in [-0.15, -0.1) is 11.3 Å². The first-order valence-electron chi connectivity index (χ1n) is 12.9. The molecule has 2 rings (SSSR count). The number of hydrogen-bond donors (Lipinski definition) is 5. The van der Waals surface area contributed by atoms with Crippen LogP contribution in [0.1, 0.15) is 84.3 Å². The summed E-state index contributed by atoms with van der Waals surface area (Å²) in [6.45, 7) is 10.5. The largest absolute Gasteiger partial charge is 0.481 e. The van der Waals surface area contributed by atoms with E-state index >= 15 is 0 Å². The second-order valence-electron chi connectivity index (χ2n) is 11.3. The van der Waals surface area contributed by atoms with Crippen LogP contribution < -0.4 is 5.73 Å². The van der Waals surface area contributed by atoms with Crippen molar-refractivity contribution >= 4 is 29.2 Å². The molecule has 1 saturated heterocycles. The van der Waals surface area contributed by atoms with Crippen LogP contribution in [0, 0.1) is 17.3 Å². The molecular weight excluding hydrogens is 496 g/mol. The number of ether oxygens (including phenoxy) is 1. The van der Waals surface area contributed by atoms with Crippen LogP contribution in [0.3, 0.4) is 0 Å². The number of ketones is 1. The van der Waals surface area contributed by atoms with Crippen molar-refractivity contribution in [2.24, 2.45) is 23.0 Å². The van der Waals surface area contributed by atoms with E-state index < -0.39 is 35.9 Å². The molecule has 37 heavy (non-hydrogen) atoms. The summed E-state index contributed by atoms with van der Waals surface area (Å²) >= 11 is 1.41. The number of carbonyl (C=O) groups excluding carboxylic acids is 1. The van der Waals surface area contributed by atoms with E-state index in [1.807, 2.05) is 25.3 Å². The fourth-order valence-electron chi connectivity index (χ4n) is 4.79. The van der Waals surface area contributed by atoms with E-state index in [-0.39, 0.29) is 36.1 Å². The molecule has 1 aliphatic rings. The minimum Gasteiger partial charge on any atom is -0.481 e. The molecule has 0 aliphatic carbocycles. The molecule has 10 heteroatoms. The third-order valence-electron chi connectivity index (χ3n) is 7.85. The van der Waals surface area contributed by atoms with Crippen molar-refractivity contribution in [3.8, 4) is 0 Å². The zero-order chi connectivity index (χ0) is 28.1. The number of aromatic nitrogens is 1. The van der Waals surface area contributed by atoms with Gasteiger partial charge in [-0.3, -0.25) is 9.59 Å². The highest BCUT2D eigenvalue weighted by Gasteiger charge is 2.51. The lowest BCUT2D eigenvalue weighted by atomic mass is 9.73. The van der Waals surface area contributed by atoms with Gasteiger partial charge in [-0.2, -0.15) is 0 Å². The number of hydrogen-bond acceptors (Lipinski definition) is 9. The van der Waals surface area contributed by atoms with Crippen LogP contribution in [-0.2, 0) is 20.9 Å². The standard InChI is InChI=1S/C27H44N2O7S/c1-15(24(34)17(3)25(35)26(4,5)20(31)12-23(32)33)8-7-9-27(6)21(36-27)11-19(28)16(2)10-18-14-37-22(13-30)29-18/h10,14-15,17,19-21,24,30-31,34H,7-9,11-13,28H2,1-6H3,(H,32,33)/b16-10+/t15-,17+,19?,20-,21-,24-,27+/m0/s1. The number of Topliss-reactive ketones (excluding diaryl/α,β-unsaturated/α-hetero) is 1. The molecule has 0 amide bonds. The van der Waals surface area contributed by atoms with Crippen molar-refractivity contribution in [2.75, 3.05) is 0 Å². The number of carbonyl (C=O) groups is 2. The molecule has 6 N–H and O–H groups in total. The molecule has 0 radical (unpaired) electrons. The van der Waals surface area contributed by atoms with E-state index in [0.717, 1.165) is 24.1 Å². The summed E-state index contributed by atoms with van der Waals surface area (Å²) in [5.41, 5.74) is 6.65. The number of nitrogens with zero attached hydrogens (tertiary/aromatic N) is 1. The molecule has 0 aromatic carbocycles. The Hall–Kier alpha value is -1.69. The van der Waals surface area contributed by atoms with Gasteiger partial charge in [0.05, 0.1) is 48.0 Å². The van der Waals surface area contributed by atoms with Crippen molar-refractivity contribution < 1.29 is 34.8 Å². The Morgan fingerprint density at radius 2 is 1.97 bits per heavy atom. The molecule has 210 valence electrons. The van der Waals surface area contributed by atoms with Crippen LogP contribution >= 0.6 is 11.3 Å². The maximum absolute atomic E-state index is 12.9. The average Bonchev–Trinajstić information content (AvgIpc) is 3.23. The lowest BCUT2D eigenvalue weighted by Crippen LogP contribution is -2.45. The van der Waals surface area contributed by atoms with E-state index in [9.17, 15) is 24.9 Å². The van der Waals surface area contributed by atoms with Crippen molar-refractivity contribution in [3.63, 3.8) is 0 Å². The predicted octanol–water partition coefficient (Wildman–Crippen LogP) is 3.15. The molecule has 1 fully saturated rings. The van der Waals surface area contributed by atoms with Gasteiger partial charge in [0.2, 0.25) is 0 Å². The molecule has 0 saturated carbocycles. The highest BCUT2D eigenvalue weighted by Crippen LogP contribution is 2.44. The number of epoxide rings is 1. The first-order valence-corrected chi connectivity index (χ1v) is 13.8. The van der Waals surface area contributed by atoms with Crippen molar-refractivity contribution in [1.29, 1.82) is 0 Å². The van der Waals surface area contributed by atoms with E-state index in [4.69, 9.17) is 15.6 Å². The van der Waals surface area contributed by atoms with E-state index in [2.05, 4.69) is 11.9 Å². The maximum atomic E-state index is 12.9. The van der Waals surface area contributed by atoms with Crippen molar-refractivity contribution in [3.05, 3.63) is 21.7 Å². The molecule has 0 spiro atoms. The van der Waals surface area contributed by atoms with Gasteiger partial charge in [0.1, 0.15) is 10.8 Å². The predicted molar refractivity (Wildman–Crippen MR) is 143 cm³/mol. The molecule has 1 aromatic rings. The molecule has 0 bridgehead atoms. The van der Waals surface area contributed by atoms with Crippen molar-refractivity contribution in [1.82, 2.24) is 4.98 Å². The second-order valence-corrected chi connectivity index (χ2v) is 12.3. The Labute approximate surface area is 223 Å². The molecule has 7 atom stereocenters. The van der Waals surface area contributed by atoms with Gasteiger partial charge in [-0.05, 0) is 45.1 Å². The van der Waals surface area contributed by atoms with Crippen LogP contribution in [0.4, 0.5) is 0 Å². The number of carboxylic acids is 1. The van der Waals surface area contributed by atoms with E-state index in [1.165, 1.54) is 25.2 Å². The lowest BCUT2D eigenvalue weighted by Gasteiger charge is -2.34. The average molecular weight is 541 g/mol. The number of aliphatic hydroxyl groups excluding tert-OH is 3. The summed E-state index contributed by atoms with van der Waals surface area (Å²) in [7, 11) is 0. The molecule has 2 heterocycles. The molecule has 1 unspecified atom stereocenters. The first-order chi connectivity index (χ1) is 17.1. The normalized spacial score (nSPS) is 24.3. The summed E-state index contributed by atoms with van der Waals surface area (Å²) in [5, 5.41) is 41.7. The van der Waals surface area contributed by atoms with Gasteiger partial charge in [0.15, 0.2) is 0 Å². The minimum absolute atomic E-state index is 0.0477. The second kappa shape index (κ2) is 12.9. The maximum Gasteiger partial charge on any atom is 0.306 e. The number of nitrogens with two attached hydrogens (primary N) is 1. The highest BCUT2D eigenvalue weighted by atomic mass is 32.1. The number of rotatable bonds is 16. The zero-order valence-electron chi connectivity index (χ0n) is 22.8. The SMILES string of the molecule is C/C(=C\c1csc(CO)n1)C(N)C[C@@H]1O[C@]1(C)CCC[C@H](C)[C@H](O)[C@@H](C)C(=O)C(C)(C)[C@@H](O)CC(=O)O. The fourth-order valence-corrected chi connectivity index (χ4v) is 5.40. The number of aliphatic carboxylic acids is 1. The Morgan fingerprint density at radius 3 is 2.54 bits per heavy atom. The van der Waals surface area contributed by atoms with Gasteiger partial charge in [-0.1, -0.05) is 39.7 Å². The Balaban J connectivity index is 1.81. The molecule has 1 aliphatic heterocycles. The molecule has 1 aromatic heterocycles. The fraction of sp³-hybridized carbons (Fsp3) is 0.741. The Morgan fingerprint density at radius 1 is 1.32 bits per heavy atom. The topological polar surface area (TPSA) is 166 Å². The Kier molecular flexibility index (Phi) is 11.0. The highest BCUT2D eigenvalue weighted by molar-refractivity contribution is 7.09. The van der Waals surface area contributed by atoms with Crippen LogP contribution in [0.15, 0.2) is 11.0 Å². The summed E-state index contributed by atoms with van der Waals surface area (Å²) in [6, 6.07) is -0.168. The number of aliphatic hydroxyl groups is 3. The van der Waals surface area contributed by atoms with Crippen LogP contribution in [0.2, 0.25) is 0 Å². The van der Waals surface area contributed by atoms with Gasteiger partial charge in [-0.25, -0.2) is 4.98 Å². The van der Waals surface area contributed by atoms with Gasteiger partial charge in [0, 0.05) is 17.3 Å². The first kappa shape index (κ1) is 31.5. The zero-order valence-corrected chi connectivity index (χ0v) is 23.6. The van der Waals surface area contributed by atoms with Crippen LogP contribution in [0.25, 0.3) is 6.08 Å². The van der Waals surface area contributed by atoms with Crippen molar-refractivity contribution in [2.45, 2.75) is 110 Å². The summed E-state index contributed by atoms with van der Waals surface area (Å²) in [4.78, 5) is 28.2. The minimum atomic E-state index is -1.32. The third-order valence-corrected chi connectivity index (χ3v) is 8.70. The summed E-state index contributed by atoms with van der Waals surface area (Å²) in [6.07, 6.45) is 2.25. The van der Waals surface area contributed by atoms with Gasteiger partial charge < -0.3 is 30.9 Å². The molecule has 9 nitrogen and oxygen atoms in total. The van der Waals surface area contributed by atoms with Gasteiger partial charge >= 0.3 is 5.97 Å². The quantitative estimate of drug-likeness (QED) is 0.198. The van der Waals surface area contributed by atoms with Crippen LogP contribution in [-0.4, -0.2) is 67.1 Å². The smallest absolute Gasteiger partial charge is 0.306 e. The van der Waals surface area contributed by atoms with Crippen LogP contribution in [0.5, 0.6) is 0 Å². The number of thiazole rings is 1. The summed E-state index contributed by atoms with van der Waals surface area (Å²) < 4.78 is 5.98. The van der Waals surface area contributed by atoms with E-state index in [1.54, 1.807) is 6.92 Å². The van der Waals surface area contributed by atoms with Gasteiger partial charge in [0.25, 0.3) is 0 Å². The van der Waals surface area contributed by atoms with E-state index in [0.29, 0.717) is 17.8 Å². The summed E-state index contributed by atoms with van der Waals surface area (Å²) in [5.74, 6) is -2.40. The third kappa shape index (κ3) is 8.40.